The Bertz CT molecular complexity index is 462. The fourth-order valence-electron chi connectivity index (χ4n) is 1.41. The molecular formula is C8HF13O. The van der Waals surface area contributed by atoms with Crippen molar-refractivity contribution in [1.82, 2.24) is 0 Å². The standard InChI is InChI=1S/C8HF13O/c9-4(10)1(6(13,14)15)2(5(4,11)12)22-3(7(16,17)18)8(19,20)21/h3H. The third-order valence-corrected chi connectivity index (χ3v) is 2.33. The molecule has 0 saturated carbocycles. The Morgan fingerprint density at radius 2 is 1.05 bits per heavy atom. The van der Waals surface area contributed by atoms with Crippen molar-refractivity contribution in [3.05, 3.63) is 11.3 Å². The first-order chi connectivity index (χ1) is 9.34. The van der Waals surface area contributed by atoms with Crippen LogP contribution < -0.4 is 0 Å². The molecule has 22 heavy (non-hydrogen) atoms. The summed E-state index contributed by atoms with van der Waals surface area (Å²) in [6, 6.07) is 0. The lowest BCUT2D eigenvalue weighted by molar-refractivity contribution is -0.335. The zero-order valence-electron chi connectivity index (χ0n) is 9.40. The molecule has 1 aliphatic carbocycles. The van der Waals surface area contributed by atoms with Crippen LogP contribution in [0.4, 0.5) is 57.1 Å². The summed E-state index contributed by atoms with van der Waals surface area (Å²) < 4.78 is 162. The minimum atomic E-state index is -6.46. The highest BCUT2D eigenvalue weighted by atomic mass is 19.4. The average molecular weight is 360 g/mol. The van der Waals surface area contributed by atoms with Crippen molar-refractivity contribution in [2.45, 2.75) is 36.5 Å². The molecule has 0 bridgehead atoms. The van der Waals surface area contributed by atoms with Crippen LogP contribution in [0, 0.1) is 0 Å². The second-order valence-electron chi connectivity index (χ2n) is 3.93. The molecular weight excluding hydrogens is 359 g/mol. The van der Waals surface area contributed by atoms with E-state index in [-0.39, 0.29) is 0 Å². The van der Waals surface area contributed by atoms with Gasteiger partial charge in [0, 0.05) is 0 Å². The van der Waals surface area contributed by atoms with Gasteiger partial charge in [-0.1, -0.05) is 0 Å². The molecule has 0 heterocycles. The van der Waals surface area contributed by atoms with Crippen LogP contribution in [0.2, 0.25) is 0 Å². The predicted molar refractivity (Wildman–Crippen MR) is 40.0 cm³/mol. The van der Waals surface area contributed by atoms with Gasteiger partial charge in [0.1, 0.15) is 0 Å². The van der Waals surface area contributed by atoms with E-state index in [1.807, 2.05) is 0 Å². The highest BCUT2D eigenvalue weighted by Crippen LogP contribution is 2.61. The summed E-state index contributed by atoms with van der Waals surface area (Å²) in [6.45, 7) is 0. The number of halogens is 13. The smallest absolute Gasteiger partial charge is 0.434 e. The molecule has 0 aromatic rings. The molecule has 0 atom stereocenters. The van der Waals surface area contributed by atoms with Crippen molar-refractivity contribution in [2.24, 2.45) is 0 Å². The Morgan fingerprint density at radius 1 is 0.682 bits per heavy atom. The topological polar surface area (TPSA) is 9.23 Å². The van der Waals surface area contributed by atoms with Crippen molar-refractivity contribution in [3.8, 4) is 0 Å². The largest absolute Gasteiger partial charge is 0.468 e. The summed E-state index contributed by atoms with van der Waals surface area (Å²) in [5.74, 6) is -15.4. The van der Waals surface area contributed by atoms with Gasteiger partial charge < -0.3 is 4.74 Å². The maximum atomic E-state index is 12.7. The van der Waals surface area contributed by atoms with Crippen molar-refractivity contribution in [2.75, 3.05) is 0 Å². The van der Waals surface area contributed by atoms with Crippen molar-refractivity contribution in [1.29, 1.82) is 0 Å². The second-order valence-corrected chi connectivity index (χ2v) is 3.93. The van der Waals surface area contributed by atoms with E-state index in [0.29, 0.717) is 0 Å². The second kappa shape index (κ2) is 4.57. The summed E-state index contributed by atoms with van der Waals surface area (Å²) in [5.41, 5.74) is -3.59. The van der Waals surface area contributed by atoms with Crippen molar-refractivity contribution < 1.29 is 61.8 Å². The zero-order valence-corrected chi connectivity index (χ0v) is 9.40. The van der Waals surface area contributed by atoms with Crippen LogP contribution in [0.15, 0.2) is 11.3 Å². The van der Waals surface area contributed by atoms with Gasteiger partial charge in [0.25, 0.3) is 6.10 Å². The lowest BCUT2D eigenvalue weighted by Gasteiger charge is -2.41. The third kappa shape index (κ3) is 2.78. The minimum Gasteiger partial charge on any atom is -0.468 e. The lowest BCUT2D eigenvalue weighted by Crippen LogP contribution is -2.60. The molecule has 130 valence electrons. The van der Waals surface area contributed by atoms with E-state index in [4.69, 9.17) is 0 Å². The van der Waals surface area contributed by atoms with Crippen LogP contribution in [-0.4, -0.2) is 36.5 Å². The van der Waals surface area contributed by atoms with E-state index in [2.05, 4.69) is 4.74 Å². The first-order valence-corrected chi connectivity index (χ1v) is 4.72. The lowest BCUT2D eigenvalue weighted by atomic mass is 9.86. The van der Waals surface area contributed by atoms with Crippen LogP contribution in [0.1, 0.15) is 0 Å². The maximum Gasteiger partial charge on any atom is 0.434 e. The molecule has 0 fully saturated rings. The molecule has 1 nitrogen and oxygen atoms in total. The Labute approximate surface area is 111 Å². The Kier molecular flexibility index (Phi) is 3.88. The number of hydrogen-bond acceptors (Lipinski definition) is 1. The van der Waals surface area contributed by atoms with Crippen LogP contribution in [-0.2, 0) is 4.74 Å². The zero-order chi connectivity index (χ0) is 17.9. The van der Waals surface area contributed by atoms with Gasteiger partial charge in [0.15, 0.2) is 11.3 Å². The molecule has 0 unspecified atom stereocenters. The fourth-order valence-corrected chi connectivity index (χ4v) is 1.41. The summed E-state index contributed by atoms with van der Waals surface area (Å²) in [5, 5.41) is 0. The van der Waals surface area contributed by atoms with E-state index >= 15 is 0 Å². The fraction of sp³-hybridized carbons (Fsp3) is 0.750. The van der Waals surface area contributed by atoms with Crippen LogP contribution >= 0.6 is 0 Å². The number of alkyl halides is 13. The summed E-state index contributed by atoms with van der Waals surface area (Å²) in [4.78, 5) is 0. The van der Waals surface area contributed by atoms with E-state index in [9.17, 15) is 57.1 Å². The number of allylic oxidation sites excluding steroid dienone is 2. The maximum absolute atomic E-state index is 12.7. The quantitative estimate of drug-likeness (QED) is 0.655. The van der Waals surface area contributed by atoms with Crippen molar-refractivity contribution in [3.63, 3.8) is 0 Å². The molecule has 0 aliphatic heterocycles. The number of rotatable bonds is 2. The Balaban J connectivity index is 3.39. The van der Waals surface area contributed by atoms with Gasteiger partial charge in [-0.15, -0.1) is 0 Å². The summed E-state index contributed by atoms with van der Waals surface area (Å²) in [6.07, 6.45) is -24.3. The molecule has 0 N–H and O–H groups in total. The third-order valence-electron chi connectivity index (χ3n) is 2.33. The number of hydrogen-bond donors (Lipinski definition) is 0. The average Bonchev–Trinajstić information content (AvgIpc) is 2.16. The monoisotopic (exact) mass is 360 g/mol. The van der Waals surface area contributed by atoms with Gasteiger partial charge in [-0.3, -0.25) is 0 Å². The summed E-state index contributed by atoms with van der Waals surface area (Å²) in [7, 11) is 0. The van der Waals surface area contributed by atoms with E-state index in [1.54, 1.807) is 0 Å². The molecule has 0 aromatic heterocycles. The predicted octanol–water partition coefficient (Wildman–Crippen LogP) is 4.60. The van der Waals surface area contributed by atoms with Crippen molar-refractivity contribution >= 4 is 0 Å². The summed E-state index contributed by atoms with van der Waals surface area (Å²) >= 11 is 0. The Morgan fingerprint density at radius 3 is 1.32 bits per heavy atom. The molecule has 0 amide bonds. The highest BCUT2D eigenvalue weighted by Gasteiger charge is 2.80. The van der Waals surface area contributed by atoms with E-state index in [0.717, 1.165) is 0 Å². The molecule has 0 aromatic carbocycles. The highest BCUT2D eigenvalue weighted by molar-refractivity contribution is 5.43. The van der Waals surface area contributed by atoms with Crippen LogP contribution in [0.3, 0.4) is 0 Å². The van der Waals surface area contributed by atoms with Gasteiger partial charge in [-0.05, 0) is 0 Å². The van der Waals surface area contributed by atoms with Crippen LogP contribution in [0.5, 0.6) is 0 Å². The Hall–Kier alpha value is -1.37. The molecule has 14 heteroatoms. The van der Waals surface area contributed by atoms with Crippen LogP contribution in [0.25, 0.3) is 0 Å². The first-order valence-electron chi connectivity index (χ1n) is 4.72. The molecule has 0 saturated heterocycles. The first kappa shape index (κ1) is 18.7. The molecule has 1 rings (SSSR count). The van der Waals surface area contributed by atoms with E-state index < -0.39 is 47.8 Å². The van der Waals surface area contributed by atoms with Gasteiger partial charge in [0.05, 0.1) is 0 Å². The minimum absolute atomic E-state index is 2.58. The van der Waals surface area contributed by atoms with Gasteiger partial charge >= 0.3 is 30.4 Å². The normalized spacial score (nSPS) is 21.9. The molecule has 1 aliphatic rings. The van der Waals surface area contributed by atoms with Gasteiger partial charge in [-0.25, -0.2) is 0 Å². The molecule has 0 radical (unpaired) electrons. The molecule has 0 spiro atoms. The SMILES string of the molecule is FC(F)(F)C1=C(OC(C(F)(F)F)C(F)(F)F)C(F)(F)C1(F)F. The van der Waals surface area contributed by atoms with Gasteiger partial charge in [0.2, 0.25) is 0 Å². The number of ether oxygens (including phenoxy) is 1. The van der Waals surface area contributed by atoms with Gasteiger partial charge in [-0.2, -0.15) is 57.1 Å². The van der Waals surface area contributed by atoms with E-state index in [1.165, 1.54) is 0 Å².